The van der Waals surface area contributed by atoms with Gasteiger partial charge in [-0.15, -0.1) is 0 Å². The largest absolute Gasteiger partial charge is 0.507 e. The fraction of sp³-hybridized carbons (Fsp3) is 0.500. The molecule has 1 aliphatic heterocycles. The van der Waals surface area contributed by atoms with Gasteiger partial charge in [-0.05, 0) is 56.5 Å². The first kappa shape index (κ1) is 15.9. The predicted octanol–water partition coefficient (Wildman–Crippen LogP) is 3.22. The summed E-state index contributed by atoms with van der Waals surface area (Å²) in [4.78, 5) is 7.69. The van der Waals surface area contributed by atoms with Crippen molar-refractivity contribution in [2.45, 2.75) is 44.1 Å². The van der Waals surface area contributed by atoms with E-state index in [1.165, 1.54) is 24.1 Å². The molecule has 1 saturated heterocycles. The lowest BCUT2D eigenvalue weighted by Gasteiger charge is -2.15. The fourth-order valence-corrected chi connectivity index (χ4v) is 4.22. The Morgan fingerprint density at radius 2 is 2.08 bits per heavy atom. The Morgan fingerprint density at radius 3 is 2.96 bits per heavy atom. The number of nitrogens with zero attached hydrogens (tertiary/aromatic N) is 4. The average molecular weight is 351 g/mol. The van der Waals surface area contributed by atoms with Gasteiger partial charge in [-0.25, -0.2) is 0 Å². The van der Waals surface area contributed by atoms with Crippen LogP contribution in [0.1, 0.15) is 48.8 Å². The molecule has 0 radical (unpaired) electrons. The molecule has 2 aromatic heterocycles. The Labute approximate surface area is 152 Å². The third kappa shape index (κ3) is 2.98. The first-order valence-electron chi connectivity index (χ1n) is 9.69. The summed E-state index contributed by atoms with van der Waals surface area (Å²) in [5, 5.41) is 20.2. The lowest BCUT2D eigenvalue weighted by atomic mass is 9.97. The molecule has 1 saturated carbocycles. The summed E-state index contributed by atoms with van der Waals surface area (Å²) in [6, 6.07) is 5.69. The van der Waals surface area contributed by atoms with Crippen LogP contribution in [0.3, 0.4) is 0 Å². The molecular formula is C20H25N5O. The number of H-pyrrole nitrogens is 1. The van der Waals surface area contributed by atoms with Gasteiger partial charge in [0.2, 0.25) is 0 Å². The Morgan fingerprint density at radius 1 is 1.15 bits per heavy atom. The van der Waals surface area contributed by atoms with E-state index in [0.717, 1.165) is 49.9 Å². The number of phenolic OH excluding ortho intramolecular Hbond substituents is 1. The minimum absolute atomic E-state index is 0.383. The molecule has 0 amide bonds. The molecule has 2 N–H and O–H groups in total. The highest BCUT2D eigenvalue weighted by Crippen LogP contribution is 2.38. The van der Waals surface area contributed by atoms with Gasteiger partial charge in [-0.3, -0.25) is 0 Å². The van der Waals surface area contributed by atoms with E-state index in [1.807, 2.05) is 23.1 Å². The summed E-state index contributed by atoms with van der Waals surface area (Å²) in [5.74, 6) is 1.55. The second-order valence-electron chi connectivity index (χ2n) is 7.72. The van der Waals surface area contributed by atoms with Crippen LogP contribution < -0.4 is 0 Å². The van der Waals surface area contributed by atoms with E-state index in [2.05, 4.69) is 26.3 Å². The zero-order valence-electron chi connectivity index (χ0n) is 14.9. The molecule has 136 valence electrons. The molecule has 3 heterocycles. The fourth-order valence-electron chi connectivity index (χ4n) is 4.22. The number of aryl methyl sites for hydroxylation is 1. The van der Waals surface area contributed by atoms with Crippen molar-refractivity contribution in [2.24, 2.45) is 0 Å². The second kappa shape index (κ2) is 6.43. The number of phenols is 1. The molecule has 3 aromatic rings. The van der Waals surface area contributed by atoms with Crippen LogP contribution in [0.15, 0.2) is 30.6 Å². The van der Waals surface area contributed by atoms with Gasteiger partial charge in [0.25, 0.3) is 0 Å². The van der Waals surface area contributed by atoms with E-state index in [0.29, 0.717) is 17.6 Å². The summed E-state index contributed by atoms with van der Waals surface area (Å²) >= 11 is 0. The van der Waals surface area contributed by atoms with Crippen LogP contribution >= 0.6 is 0 Å². The lowest BCUT2D eigenvalue weighted by molar-refractivity contribution is 0.313. The molecule has 1 atom stereocenters. The molecule has 26 heavy (non-hydrogen) atoms. The Balaban J connectivity index is 1.17. The Kier molecular flexibility index (Phi) is 3.93. The molecule has 6 nitrogen and oxygen atoms in total. The zero-order chi connectivity index (χ0) is 17.5. The maximum Gasteiger partial charge on any atom is 0.125 e. The maximum absolute atomic E-state index is 10.2. The van der Waals surface area contributed by atoms with Crippen LogP contribution in [0, 0.1) is 0 Å². The number of benzene rings is 1. The second-order valence-corrected chi connectivity index (χ2v) is 7.72. The SMILES string of the molecule is Oc1cccc2[nH]cc(C3CCN(CCCn4ncc(C5CC5)n4)C3)c12. The number of nitrogens with one attached hydrogen (secondary N) is 1. The summed E-state index contributed by atoms with van der Waals surface area (Å²) in [6.45, 7) is 4.14. The summed E-state index contributed by atoms with van der Waals surface area (Å²) < 4.78 is 0. The minimum Gasteiger partial charge on any atom is -0.507 e. The molecule has 1 aliphatic carbocycles. The number of fused-ring (bicyclic) bond motifs is 1. The van der Waals surface area contributed by atoms with Crippen LogP contribution in [0.5, 0.6) is 5.75 Å². The summed E-state index contributed by atoms with van der Waals surface area (Å²) in [7, 11) is 0. The predicted molar refractivity (Wildman–Crippen MR) is 100 cm³/mol. The van der Waals surface area contributed by atoms with Crippen molar-refractivity contribution in [3.05, 3.63) is 41.9 Å². The smallest absolute Gasteiger partial charge is 0.125 e. The van der Waals surface area contributed by atoms with Gasteiger partial charge in [0, 0.05) is 35.5 Å². The third-order valence-electron chi connectivity index (χ3n) is 5.81. The summed E-state index contributed by atoms with van der Waals surface area (Å²) in [6.07, 6.45) is 8.78. The van der Waals surface area contributed by atoms with Crippen molar-refractivity contribution >= 4 is 10.9 Å². The topological polar surface area (TPSA) is 70.0 Å². The quantitative estimate of drug-likeness (QED) is 0.715. The van der Waals surface area contributed by atoms with Crippen LogP contribution in [-0.2, 0) is 6.54 Å². The third-order valence-corrected chi connectivity index (χ3v) is 5.81. The molecule has 5 rings (SSSR count). The first-order valence-corrected chi connectivity index (χ1v) is 9.69. The molecule has 1 unspecified atom stereocenters. The summed E-state index contributed by atoms with van der Waals surface area (Å²) in [5.41, 5.74) is 3.45. The van der Waals surface area contributed by atoms with Crippen molar-refractivity contribution in [1.82, 2.24) is 24.9 Å². The van der Waals surface area contributed by atoms with Crippen molar-refractivity contribution in [1.29, 1.82) is 0 Å². The number of hydrogen-bond acceptors (Lipinski definition) is 4. The highest BCUT2D eigenvalue weighted by molar-refractivity contribution is 5.89. The minimum atomic E-state index is 0.383. The van der Waals surface area contributed by atoms with Crippen LogP contribution in [-0.4, -0.2) is 49.6 Å². The van der Waals surface area contributed by atoms with Gasteiger partial charge in [0.15, 0.2) is 0 Å². The lowest BCUT2D eigenvalue weighted by Crippen LogP contribution is -2.23. The molecule has 2 fully saturated rings. The molecule has 1 aromatic carbocycles. The van der Waals surface area contributed by atoms with Crippen molar-refractivity contribution in [3.8, 4) is 5.75 Å². The van der Waals surface area contributed by atoms with Crippen LogP contribution in [0.4, 0.5) is 0 Å². The van der Waals surface area contributed by atoms with E-state index < -0.39 is 0 Å². The van der Waals surface area contributed by atoms with Gasteiger partial charge in [-0.1, -0.05) is 6.07 Å². The number of rotatable bonds is 6. The number of hydrogen-bond donors (Lipinski definition) is 2. The maximum atomic E-state index is 10.2. The molecule has 0 bridgehead atoms. The Bertz CT molecular complexity index is 910. The average Bonchev–Trinajstić information content (AvgIpc) is 3.06. The van der Waals surface area contributed by atoms with Crippen molar-refractivity contribution < 1.29 is 5.11 Å². The Hall–Kier alpha value is -2.34. The van der Waals surface area contributed by atoms with Gasteiger partial charge >= 0.3 is 0 Å². The van der Waals surface area contributed by atoms with E-state index in [1.54, 1.807) is 6.07 Å². The molecule has 0 spiro atoms. The van der Waals surface area contributed by atoms with Gasteiger partial charge in [-0.2, -0.15) is 15.0 Å². The highest BCUT2D eigenvalue weighted by atomic mass is 16.3. The van der Waals surface area contributed by atoms with Crippen molar-refractivity contribution in [3.63, 3.8) is 0 Å². The highest BCUT2D eigenvalue weighted by Gasteiger charge is 2.27. The van der Waals surface area contributed by atoms with Gasteiger partial charge < -0.3 is 15.0 Å². The van der Waals surface area contributed by atoms with E-state index in [-0.39, 0.29) is 0 Å². The number of aromatic hydroxyl groups is 1. The van der Waals surface area contributed by atoms with Crippen molar-refractivity contribution in [2.75, 3.05) is 19.6 Å². The first-order chi connectivity index (χ1) is 12.8. The standard InChI is InChI=1S/C20H25N5O/c26-19-4-1-3-17-20(19)16(11-21-17)15-7-10-24(13-15)8-2-9-25-22-12-18(23-25)14-5-6-14/h1,3-4,11-12,14-15,21,26H,2,5-10,13H2. The number of aromatic nitrogens is 4. The molecule has 2 aliphatic rings. The molecule has 6 heteroatoms. The number of aromatic amines is 1. The van der Waals surface area contributed by atoms with E-state index in [4.69, 9.17) is 0 Å². The van der Waals surface area contributed by atoms with E-state index in [9.17, 15) is 5.11 Å². The van der Waals surface area contributed by atoms with Crippen LogP contribution in [0.2, 0.25) is 0 Å². The van der Waals surface area contributed by atoms with Gasteiger partial charge in [0.1, 0.15) is 5.75 Å². The van der Waals surface area contributed by atoms with Gasteiger partial charge in [0.05, 0.1) is 18.4 Å². The molecular weight excluding hydrogens is 326 g/mol. The normalized spacial score (nSPS) is 21.0. The number of likely N-dealkylation sites (tertiary alicyclic amines) is 1. The van der Waals surface area contributed by atoms with E-state index >= 15 is 0 Å². The van der Waals surface area contributed by atoms with Crippen LogP contribution in [0.25, 0.3) is 10.9 Å². The monoisotopic (exact) mass is 351 g/mol. The zero-order valence-corrected chi connectivity index (χ0v) is 14.9.